The lowest BCUT2D eigenvalue weighted by atomic mass is 10.1. The van der Waals surface area contributed by atoms with Gasteiger partial charge in [-0.3, -0.25) is 9.59 Å². The average molecular weight is 349 g/mol. The van der Waals surface area contributed by atoms with Crippen molar-refractivity contribution in [2.24, 2.45) is 0 Å². The number of aromatic amines is 1. The number of carbonyl (C=O) groups is 1. The standard InChI is InChI=1S/C15H19N5O3S/c1-8(2)13-14(24-19-18-13)15(22)20-4-5-23-7-11(20)10-6-12(21)17-9(3)16-10/h6,8,11H,4-5,7H2,1-3H3,(H,16,17,21). The average Bonchev–Trinajstić information content (AvgIpc) is 3.03. The molecule has 0 bridgehead atoms. The molecule has 1 aliphatic heterocycles. The highest BCUT2D eigenvalue weighted by molar-refractivity contribution is 7.08. The summed E-state index contributed by atoms with van der Waals surface area (Å²) in [6.07, 6.45) is 0. The Labute approximate surface area is 143 Å². The minimum absolute atomic E-state index is 0.113. The maximum Gasteiger partial charge on any atom is 0.268 e. The number of H-pyrrole nitrogens is 1. The number of amides is 1. The second kappa shape index (κ2) is 6.78. The van der Waals surface area contributed by atoms with Gasteiger partial charge in [0, 0.05) is 12.6 Å². The zero-order valence-electron chi connectivity index (χ0n) is 13.8. The molecule has 0 aromatic carbocycles. The maximum absolute atomic E-state index is 13.0. The van der Waals surface area contributed by atoms with Crippen LogP contribution in [0.1, 0.15) is 52.7 Å². The summed E-state index contributed by atoms with van der Waals surface area (Å²) in [5.74, 6) is 0.488. The molecule has 1 aliphatic rings. The maximum atomic E-state index is 13.0. The molecule has 2 aromatic heterocycles. The van der Waals surface area contributed by atoms with Gasteiger partial charge in [0.05, 0.1) is 30.6 Å². The van der Waals surface area contributed by atoms with Gasteiger partial charge in [0.1, 0.15) is 10.7 Å². The van der Waals surface area contributed by atoms with E-state index in [1.165, 1.54) is 6.07 Å². The number of nitrogens with one attached hydrogen (secondary N) is 1. The molecule has 1 saturated heterocycles. The lowest BCUT2D eigenvalue weighted by Gasteiger charge is -2.35. The molecule has 1 unspecified atom stereocenters. The minimum Gasteiger partial charge on any atom is -0.377 e. The minimum atomic E-state index is -0.394. The number of morpholine rings is 1. The molecule has 1 amide bonds. The number of aromatic nitrogens is 4. The highest BCUT2D eigenvalue weighted by Gasteiger charge is 2.33. The third kappa shape index (κ3) is 3.22. The van der Waals surface area contributed by atoms with Crippen molar-refractivity contribution in [2.75, 3.05) is 19.8 Å². The first-order valence-corrected chi connectivity index (χ1v) is 8.53. The van der Waals surface area contributed by atoms with E-state index >= 15 is 0 Å². The molecule has 24 heavy (non-hydrogen) atoms. The van der Waals surface area contributed by atoms with E-state index in [1.807, 2.05) is 13.8 Å². The second-order valence-electron chi connectivity index (χ2n) is 5.99. The molecular weight excluding hydrogens is 330 g/mol. The van der Waals surface area contributed by atoms with Crippen LogP contribution in [-0.4, -0.2) is 50.1 Å². The molecular formula is C15H19N5O3S. The quantitative estimate of drug-likeness (QED) is 0.895. The smallest absolute Gasteiger partial charge is 0.268 e. The first kappa shape index (κ1) is 16.7. The number of hydrogen-bond acceptors (Lipinski definition) is 7. The van der Waals surface area contributed by atoms with Crippen molar-refractivity contribution in [3.63, 3.8) is 0 Å². The molecule has 0 radical (unpaired) electrons. The van der Waals surface area contributed by atoms with Crippen LogP contribution in [0.2, 0.25) is 0 Å². The predicted molar refractivity (Wildman–Crippen MR) is 88.2 cm³/mol. The van der Waals surface area contributed by atoms with Gasteiger partial charge in [0.25, 0.3) is 11.5 Å². The van der Waals surface area contributed by atoms with Crippen LogP contribution in [0.15, 0.2) is 10.9 Å². The van der Waals surface area contributed by atoms with Crippen LogP contribution < -0.4 is 5.56 Å². The molecule has 8 nitrogen and oxygen atoms in total. The summed E-state index contributed by atoms with van der Waals surface area (Å²) in [5.41, 5.74) is 0.996. The second-order valence-corrected chi connectivity index (χ2v) is 6.74. The summed E-state index contributed by atoms with van der Waals surface area (Å²) in [7, 11) is 0. The lowest BCUT2D eigenvalue weighted by molar-refractivity contribution is -0.00383. The van der Waals surface area contributed by atoms with Crippen LogP contribution in [0, 0.1) is 6.92 Å². The van der Waals surface area contributed by atoms with E-state index < -0.39 is 6.04 Å². The number of nitrogens with zero attached hydrogens (tertiary/aromatic N) is 4. The molecule has 1 N–H and O–H groups in total. The van der Waals surface area contributed by atoms with E-state index in [0.717, 1.165) is 11.5 Å². The number of rotatable bonds is 3. The monoisotopic (exact) mass is 349 g/mol. The van der Waals surface area contributed by atoms with Gasteiger partial charge in [-0.2, -0.15) is 0 Å². The zero-order chi connectivity index (χ0) is 17.3. The Morgan fingerprint density at radius 3 is 3.00 bits per heavy atom. The molecule has 0 aliphatic carbocycles. The van der Waals surface area contributed by atoms with Gasteiger partial charge in [0.2, 0.25) is 0 Å². The van der Waals surface area contributed by atoms with Crippen molar-refractivity contribution in [3.05, 3.63) is 38.5 Å². The molecule has 0 spiro atoms. The van der Waals surface area contributed by atoms with Crippen molar-refractivity contribution in [1.82, 2.24) is 24.5 Å². The van der Waals surface area contributed by atoms with Gasteiger partial charge in [-0.05, 0) is 24.4 Å². The summed E-state index contributed by atoms with van der Waals surface area (Å²) in [6, 6.07) is 1.02. The molecule has 0 saturated carbocycles. The van der Waals surface area contributed by atoms with E-state index in [4.69, 9.17) is 4.74 Å². The Hall–Kier alpha value is -2.13. The molecule has 3 rings (SSSR count). The summed E-state index contributed by atoms with van der Waals surface area (Å²) >= 11 is 1.10. The van der Waals surface area contributed by atoms with Crippen LogP contribution in [0.4, 0.5) is 0 Å². The van der Waals surface area contributed by atoms with E-state index in [2.05, 4.69) is 19.6 Å². The molecule has 2 aromatic rings. The number of carbonyl (C=O) groups excluding carboxylic acids is 1. The fraction of sp³-hybridized carbons (Fsp3) is 0.533. The highest BCUT2D eigenvalue weighted by atomic mass is 32.1. The molecule has 1 atom stereocenters. The van der Waals surface area contributed by atoms with Gasteiger partial charge in [-0.1, -0.05) is 18.3 Å². The summed E-state index contributed by atoms with van der Waals surface area (Å²) < 4.78 is 9.45. The first-order chi connectivity index (χ1) is 11.5. The van der Waals surface area contributed by atoms with E-state index in [1.54, 1.807) is 11.8 Å². The van der Waals surface area contributed by atoms with Crippen molar-refractivity contribution >= 4 is 17.4 Å². The highest BCUT2D eigenvalue weighted by Crippen LogP contribution is 2.28. The topological polar surface area (TPSA) is 101 Å². The fourth-order valence-corrected chi connectivity index (χ4v) is 3.50. The van der Waals surface area contributed by atoms with Gasteiger partial charge in [-0.25, -0.2) is 4.98 Å². The summed E-state index contributed by atoms with van der Waals surface area (Å²) in [5, 5.41) is 4.08. The van der Waals surface area contributed by atoms with E-state index in [-0.39, 0.29) is 17.4 Å². The van der Waals surface area contributed by atoms with Crippen LogP contribution in [0.5, 0.6) is 0 Å². The number of hydrogen-bond donors (Lipinski definition) is 1. The first-order valence-electron chi connectivity index (χ1n) is 7.76. The van der Waals surface area contributed by atoms with Crippen LogP contribution >= 0.6 is 11.5 Å². The summed E-state index contributed by atoms with van der Waals surface area (Å²) in [6.45, 7) is 6.87. The van der Waals surface area contributed by atoms with Crippen LogP contribution in [0.3, 0.4) is 0 Å². The Kier molecular flexibility index (Phi) is 4.72. The predicted octanol–water partition coefficient (Wildman–Crippen LogP) is 1.27. The Balaban J connectivity index is 1.96. The largest absolute Gasteiger partial charge is 0.377 e. The van der Waals surface area contributed by atoms with Crippen LogP contribution in [-0.2, 0) is 4.74 Å². The molecule has 9 heteroatoms. The number of aryl methyl sites for hydroxylation is 1. The fourth-order valence-electron chi connectivity index (χ4n) is 2.72. The van der Waals surface area contributed by atoms with E-state index in [9.17, 15) is 9.59 Å². The SMILES string of the molecule is Cc1nc(C2COCCN2C(=O)c2snnc2C(C)C)cc(=O)[nH]1. The molecule has 128 valence electrons. The Morgan fingerprint density at radius 1 is 1.50 bits per heavy atom. The van der Waals surface area contributed by atoms with Gasteiger partial charge < -0.3 is 14.6 Å². The Bertz CT molecular complexity index is 800. The van der Waals surface area contributed by atoms with Gasteiger partial charge in [-0.15, -0.1) is 5.10 Å². The third-order valence-electron chi connectivity index (χ3n) is 3.87. The third-order valence-corrected chi connectivity index (χ3v) is 4.59. The normalized spacial score (nSPS) is 18.2. The van der Waals surface area contributed by atoms with Crippen molar-refractivity contribution in [2.45, 2.75) is 32.7 Å². The van der Waals surface area contributed by atoms with Crippen molar-refractivity contribution < 1.29 is 9.53 Å². The van der Waals surface area contributed by atoms with Crippen LogP contribution in [0.25, 0.3) is 0 Å². The van der Waals surface area contributed by atoms with Gasteiger partial charge >= 0.3 is 0 Å². The molecule has 3 heterocycles. The van der Waals surface area contributed by atoms with Gasteiger partial charge in [0.15, 0.2) is 0 Å². The van der Waals surface area contributed by atoms with Crippen molar-refractivity contribution in [1.29, 1.82) is 0 Å². The lowest BCUT2D eigenvalue weighted by Crippen LogP contribution is -2.44. The van der Waals surface area contributed by atoms with Crippen molar-refractivity contribution in [3.8, 4) is 0 Å². The summed E-state index contributed by atoms with van der Waals surface area (Å²) in [4.78, 5) is 34.0. The number of ether oxygens (including phenoxy) is 1. The van der Waals surface area contributed by atoms with E-state index in [0.29, 0.717) is 41.8 Å². The Morgan fingerprint density at radius 2 is 2.29 bits per heavy atom. The molecule has 1 fully saturated rings. The zero-order valence-corrected chi connectivity index (χ0v) is 14.6.